The van der Waals surface area contributed by atoms with Gasteiger partial charge in [0.1, 0.15) is 5.65 Å². The summed E-state index contributed by atoms with van der Waals surface area (Å²) in [6, 6.07) is 1.97. The molecule has 0 aromatic carbocycles. The third-order valence-corrected chi connectivity index (χ3v) is 5.74. The van der Waals surface area contributed by atoms with Crippen molar-refractivity contribution >= 4 is 28.8 Å². The summed E-state index contributed by atoms with van der Waals surface area (Å²) in [6.45, 7) is 8.96. The summed E-state index contributed by atoms with van der Waals surface area (Å²) in [6.07, 6.45) is 3.46. The molecule has 2 aliphatic heterocycles. The van der Waals surface area contributed by atoms with Crippen LogP contribution in [0.4, 0.5) is 5.95 Å². The molecule has 2 saturated heterocycles. The van der Waals surface area contributed by atoms with Gasteiger partial charge in [0.25, 0.3) is 0 Å². The number of nitrogen functional groups attached to an aromatic ring is 1. The molecule has 2 fully saturated rings. The van der Waals surface area contributed by atoms with Gasteiger partial charge < -0.3 is 15.6 Å². The Morgan fingerprint density at radius 2 is 1.96 bits per heavy atom. The number of piperidine rings is 1. The van der Waals surface area contributed by atoms with Gasteiger partial charge in [-0.2, -0.15) is 4.98 Å². The van der Waals surface area contributed by atoms with E-state index in [2.05, 4.69) is 40.6 Å². The minimum Gasteiger partial charge on any atom is -0.368 e. The lowest BCUT2D eigenvalue weighted by Crippen LogP contribution is -2.42. The van der Waals surface area contributed by atoms with Gasteiger partial charge in [0.2, 0.25) is 17.8 Å². The molecular formula is C20H28N6O2. The Balaban J connectivity index is 1.70. The van der Waals surface area contributed by atoms with E-state index in [1.54, 1.807) is 6.20 Å². The van der Waals surface area contributed by atoms with E-state index in [1.165, 1.54) is 4.90 Å². The number of fused-ring (bicyclic) bond motifs is 1. The molecule has 4 rings (SSSR count). The van der Waals surface area contributed by atoms with Gasteiger partial charge in [-0.25, -0.2) is 4.98 Å². The van der Waals surface area contributed by atoms with E-state index in [1.807, 2.05) is 6.07 Å². The number of anilines is 1. The molecule has 150 valence electrons. The van der Waals surface area contributed by atoms with Crippen LogP contribution in [0.3, 0.4) is 0 Å². The Morgan fingerprint density at radius 1 is 1.25 bits per heavy atom. The summed E-state index contributed by atoms with van der Waals surface area (Å²) >= 11 is 0. The number of nitrogens with one attached hydrogen (secondary N) is 1. The van der Waals surface area contributed by atoms with Crippen LogP contribution in [0.1, 0.15) is 45.7 Å². The molecule has 2 amide bonds. The van der Waals surface area contributed by atoms with Crippen molar-refractivity contribution in [3.63, 3.8) is 0 Å². The second-order valence-corrected chi connectivity index (χ2v) is 9.28. The minimum atomic E-state index is -0.520. The van der Waals surface area contributed by atoms with Gasteiger partial charge in [-0.3, -0.25) is 14.5 Å². The molecule has 0 unspecified atom stereocenters. The number of carbonyl (C=O) groups is 2. The fourth-order valence-electron chi connectivity index (χ4n) is 4.37. The standard InChI is InChI=1S/C20H28N6O2/c1-19(2,3)12-26-14(8-13-10-23-18(21)24-16(13)26)11-25-15(27)9-20(17(25)28)4-6-22-7-5-20/h8,10,22H,4-7,9,11-12H2,1-3H3,(H2,21,23,24). The Morgan fingerprint density at radius 3 is 2.64 bits per heavy atom. The van der Waals surface area contributed by atoms with Gasteiger partial charge >= 0.3 is 0 Å². The SMILES string of the molecule is CC(C)(C)Cn1c(CN2C(=O)CC3(CCNCC3)C2=O)cc2cnc(N)nc21. The first-order valence-electron chi connectivity index (χ1n) is 9.85. The fourth-order valence-corrected chi connectivity index (χ4v) is 4.37. The first-order chi connectivity index (χ1) is 13.2. The van der Waals surface area contributed by atoms with Crippen molar-refractivity contribution in [3.05, 3.63) is 18.0 Å². The van der Waals surface area contributed by atoms with E-state index in [-0.39, 0.29) is 29.7 Å². The number of amides is 2. The summed E-state index contributed by atoms with van der Waals surface area (Å²) < 4.78 is 2.07. The number of hydrogen-bond acceptors (Lipinski definition) is 6. The van der Waals surface area contributed by atoms with Crippen LogP contribution >= 0.6 is 0 Å². The summed E-state index contributed by atoms with van der Waals surface area (Å²) in [7, 11) is 0. The number of hydrogen-bond donors (Lipinski definition) is 2. The summed E-state index contributed by atoms with van der Waals surface area (Å²) in [5.41, 5.74) is 6.91. The van der Waals surface area contributed by atoms with E-state index in [4.69, 9.17) is 5.73 Å². The van der Waals surface area contributed by atoms with Gasteiger partial charge in [-0.15, -0.1) is 0 Å². The number of nitrogens with two attached hydrogens (primary N) is 1. The number of likely N-dealkylation sites (tertiary alicyclic amines) is 1. The van der Waals surface area contributed by atoms with Crippen LogP contribution in [0.15, 0.2) is 12.3 Å². The van der Waals surface area contributed by atoms with Gasteiger partial charge in [-0.05, 0) is 37.4 Å². The lowest BCUT2D eigenvalue weighted by Gasteiger charge is -2.31. The molecule has 0 saturated carbocycles. The molecule has 2 aromatic rings. The Bertz CT molecular complexity index is 936. The zero-order valence-corrected chi connectivity index (χ0v) is 16.8. The topological polar surface area (TPSA) is 106 Å². The van der Waals surface area contributed by atoms with Gasteiger partial charge in [0.05, 0.1) is 12.0 Å². The average Bonchev–Trinajstić information content (AvgIpc) is 3.05. The highest BCUT2D eigenvalue weighted by Crippen LogP contribution is 2.41. The maximum absolute atomic E-state index is 13.2. The number of nitrogens with zero attached hydrogens (tertiary/aromatic N) is 4. The lowest BCUT2D eigenvalue weighted by molar-refractivity contribution is -0.142. The molecule has 8 heteroatoms. The second-order valence-electron chi connectivity index (χ2n) is 9.28. The van der Waals surface area contributed by atoms with E-state index < -0.39 is 5.41 Å². The van der Waals surface area contributed by atoms with Crippen LogP contribution < -0.4 is 11.1 Å². The highest BCUT2D eigenvalue weighted by atomic mass is 16.2. The monoisotopic (exact) mass is 384 g/mol. The van der Waals surface area contributed by atoms with Crippen LogP contribution in [-0.4, -0.2) is 44.3 Å². The molecule has 2 aliphatic rings. The molecule has 0 atom stereocenters. The van der Waals surface area contributed by atoms with Crippen LogP contribution in [0.2, 0.25) is 0 Å². The maximum Gasteiger partial charge on any atom is 0.236 e. The third kappa shape index (κ3) is 3.26. The quantitative estimate of drug-likeness (QED) is 0.780. The van der Waals surface area contributed by atoms with E-state index in [0.29, 0.717) is 13.0 Å². The molecule has 0 aliphatic carbocycles. The number of aromatic nitrogens is 3. The zero-order chi connectivity index (χ0) is 20.1. The molecule has 3 N–H and O–H groups in total. The Labute approximate surface area is 164 Å². The molecule has 4 heterocycles. The molecule has 0 radical (unpaired) electrons. The van der Waals surface area contributed by atoms with Crippen molar-refractivity contribution in [1.29, 1.82) is 0 Å². The Hall–Kier alpha value is -2.48. The molecule has 0 bridgehead atoms. The van der Waals surface area contributed by atoms with Crippen molar-refractivity contribution in [2.75, 3.05) is 18.8 Å². The Kier molecular flexibility index (Phi) is 4.41. The molecule has 1 spiro atoms. The van der Waals surface area contributed by atoms with Crippen molar-refractivity contribution in [2.45, 2.75) is 53.1 Å². The van der Waals surface area contributed by atoms with E-state index >= 15 is 0 Å². The predicted octanol–water partition coefficient (Wildman–Crippen LogP) is 1.69. The first-order valence-corrected chi connectivity index (χ1v) is 9.85. The van der Waals surface area contributed by atoms with Crippen molar-refractivity contribution in [1.82, 2.24) is 24.8 Å². The average molecular weight is 384 g/mol. The van der Waals surface area contributed by atoms with Crippen molar-refractivity contribution in [3.8, 4) is 0 Å². The second kappa shape index (κ2) is 6.55. The van der Waals surface area contributed by atoms with Crippen LogP contribution in [0, 0.1) is 10.8 Å². The van der Waals surface area contributed by atoms with Crippen LogP contribution in [0.25, 0.3) is 11.0 Å². The number of imide groups is 1. The molecule has 28 heavy (non-hydrogen) atoms. The van der Waals surface area contributed by atoms with Crippen LogP contribution in [-0.2, 0) is 22.7 Å². The molecule has 8 nitrogen and oxygen atoms in total. The number of rotatable bonds is 3. The third-order valence-electron chi connectivity index (χ3n) is 5.74. The largest absolute Gasteiger partial charge is 0.368 e. The highest BCUT2D eigenvalue weighted by molar-refractivity contribution is 6.06. The van der Waals surface area contributed by atoms with Crippen molar-refractivity contribution < 1.29 is 9.59 Å². The molecular weight excluding hydrogens is 356 g/mol. The summed E-state index contributed by atoms with van der Waals surface area (Å²) in [4.78, 5) is 35.9. The lowest BCUT2D eigenvalue weighted by atomic mass is 9.77. The van der Waals surface area contributed by atoms with Crippen molar-refractivity contribution in [2.24, 2.45) is 10.8 Å². The maximum atomic E-state index is 13.2. The first kappa shape index (κ1) is 18.9. The van der Waals surface area contributed by atoms with Gasteiger partial charge in [-0.1, -0.05) is 20.8 Å². The molecule has 2 aromatic heterocycles. The van der Waals surface area contributed by atoms with Gasteiger partial charge in [0, 0.05) is 30.2 Å². The number of carbonyl (C=O) groups excluding carboxylic acids is 2. The van der Waals surface area contributed by atoms with Crippen LogP contribution in [0.5, 0.6) is 0 Å². The summed E-state index contributed by atoms with van der Waals surface area (Å²) in [5.74, 6) is 0.108. The fraction of sp³-hybridized carbons (Fsp3) is 0.600. The van der Waals surface area contributed by atoms with E-state index in [0.717, 1.165) is 42.7 Å². The van der Waals surface area contributed by atoms with Gasteiger partial charge in [0.15, 0.2) is 0 Å². The highest BCUT2D eigenvalue weighted by Gasteiger charge is 2.51. The normalized spacial score (nSPS) is 19.9. The minimum absolute atomic E-state index is 0.00426. The zero-order valence-electron chi connectivity index (χ0n) is 16.8. The summed E-state index contributed by atoms with van der Waals surface area (Å²) in [5, 5.41) is 4.15. The smallest absolute Gasteiger partial charge is 0.236 e. The predicted molar refractivity (Wildman–Crippen MR) is 106 cm³/mol. The van der Waals surface area contributed by atoms with E-state index in [9.17, 15) is 9.59 Å².